The maximum Gasteiger partial charge on any atom is 0.270 e. The zero-order valence-electron chi connectivity index (χ0n) is 8.85. The van der Waals surface area contributed by atoms with Crippen LogP contribution >= 0.6 is 11.6 Å². The highest BCUT2D eigenvalue weighted by Gasteiger charge is 2.11. The molecule has 0 saturated carbocycles. The minimum atomic E-state index is -0.475. The van der Waals surface area contributed by atoms with Gasteiger partial charge in [0.25, 0.3) is 5.24 Å². The normalized spacial score (nSPS) is 10.4. The van der Waals surface area contributed by atoms with Gasteiger partial charge < -0.3 is 0 Å². The molecular formula is C12H11ClN2O. The second-order valence-electron chi connectivity index (χ2n) is 3.59. The largest absolute Gasteiger partial charge is 0.274 e. The van der Waals surface area contributed by atoms with Crippen LogP contribution in [0.2, 0.25) is 0 Å². The SMILES string of the molecule is Cc1cc(C(=O)Cl)n(Cc2ccccc2)n1. The number of carbonyl (C=O) groups is 1. The predicted molar refractivity (Wildman–Crippen MR) is 62.7 cm³/mol. The summed E-state index contributed by atoms with van der Waals surface area (Å²) in [5, 5.41) is 3.76. The summed E-state index contributed by atoms with van der Waals surface area (Å²) in [5.74, 6) is 0. The van der Waals surface area contributed by atoms with E-state index in [0.717, 1.165) is 11.3 Å². The zero-order chi connectivity index (χ0) is 11.5. The lowest BCUT2D eigenvalue weighted by molar-refractivity contribution is 0.107. The van der Waals surface area contributed by atoms with Gasteiger partial charge in [0, 0.05) is 0 Å². The number of rotatable bonds is 3. The number of nitrogens with zero attached hydrogens (tertiary/aromatic N) is 2. The molecule has 0 aliphatic rings. The molecule has 3 nitrogen and oxygen atoms in total. The van der Waals surface area contributed by atoms with Gasteiger partial charge in [-0.05, 0) is 30.2 Å². The van der Waals surface area contributed by atoms with Crippen LogP contribution in [0.5, 0.6) is 0 Å². The van der Waals surface area contributed by atoms with Crippen molar-refractivity contribution in [1.82, 2.24) is 9.78 Å². The Morgan fingerprint density at radius 2 is 2.06 bits per heavy atom. The lowest BCUT2D eigenvalue weighted by atomic mass is 10.2. The third-order valence-electron chi connectivity index (χ3n) is 2.28. The second-order valence-corrected chi connectivity index (χ2v) is 3.93. The highest BCUT2D eigenvalue weighted by molar-refractivity contribution is 6.67. The van der Waals surface area contributed by atoms with Crippen molar-refractivity contribution < 1.29 is 4.79 Å². The van der Waals surface area contributed by atoms with E-state index in [9.17, 15) is 4.79 Å². The number of hydrogen-bond donors (Lipinski definition) is 0. The minimum absolute atomic E-state index is 0.433. The van der Waals surface area contributed by atoms with Crippen molar-refractivity contribution in [2.24, 2.45) is 0 Å². The first-order valence-corrected chi connectivity index (χ1v) is 5.33. The lowest BCUT2D eigenvalue weighted by Crippen LogP contribution is -2.08. The van der Waals surface area contributed by atoms with Gasteiger partial charge in [-0.2, -0.15) is 5.10 Å². The van der Waals surface area contributed by atoms with Gasteiger partial charge >= 0.3 is 0 Å². The van der Waals surface area contributed by atoms with E-state index in [1.54, 1.807) is 10.7 Å². The summed E-state index contributed by atoms with van der Waals surface area (Å²) in [7, 11) is 0. The standard InChI is InChI=1S/C12H11ClN2O/c1-9-7-11(12(13)16)15(14-9)8-10-5-3-2-4-6-10/h2-7H,8H2,1H3. The fourth-order valence-electron chi connectivity index (χ4n) is 1.58. The number of carbonyl (C=O) groups excluding carboxylic acids is 1. The Morgan fingerprint density at radius 1 is 1.38 bits per heavy atom. The molecule has 0 spiro atoms. The Labute approximate surface area is 98.7 Å². The average Bonchev–Trinajstić information content (AvgIpc) is 2.61. The fraction of sp³-hybridized carbons (Fsp3) is 0.167. The van der Waals surface area contributed by atoms with Crippen LogP contribution in [-0.2, 0) is 6.54 Å². The van der Waals surface area contributed by atoms with E-state index in [1.807, 2.05) is 37.3 Å². The van der Waals surface area contributed by atoms with Gasteiger partial charge in [0.15, 0.2) is 0 Å². The topological polar surface area (TPSA) is 34.9 Å². The maximum atomic E-state index is 11.2. The first kappa shape index (κ1) is 10.9. The van der Waals surface area contributed by atoms with E-state index >= 15 is 0 Å². The Bertz CT molecular complexity index is 505. The summed E-state index contributed by atoms with van der Waals surface area (Å²) in [4.78, 5) is 11.2. The number of benzene rings is 1. The molecule has 0 unspecified atom stereocenters. The van der Waals surface area contributed by atoms with Crippen LogP contribution in [0.1, 0.15) is 21.7 Å². The molecule has 0 N–H and O–H groups in total. The Hall–Kier alpha value is -1.61. The third-order valence-corrected chi connectivity index (χ3v) is 2.47. The highest BCUT2D eigenvalue weighted by Crippen LogP contribution is 2.10. The van der Waals surface area contributed by atoms with Crippen LogP contribution < -0.4 is 0 Å². The molecule has 1 heterocycles. The van der Waals surface area contributed by atoms with Gasteiger partial charge in [-0.15, -0.1) is 0 Å². The van der Waals surface area contributed by atoms with Crippen LogP contribution in [-0.4, -0.2) is 15.0 Å². The van der Waals surface area contributed by atoms with E-state index in [2.05, 4.69) is 5.10 Å². The first-order chi connectivity index (χ1) is 7.66. The Morgan fingerprint density at radius 3 is 2.69 bits per heavy atom. The van der Waals surface area contributed by atoms with Gasteiger partial charge in [-0.1, -0.05) is 30.3 Å². The van der Waals surface area contributed by atoms with Crippen molar-refractivity contribution in [3.63, 3.8) is 0 Å². The van der Waals surface area contributed by atoms with Crippen molar-refractivity contribution in [2.45, 2.75) is 13.5 Å². The second kappa shape index (κ2) is 4.49. The quantitative estimate of drug-likeness (QED) is 0.766. The molecule has 4 heteroatoms. The molecule has 0 aliphatic heterocycles. The van der Waals surface area contributed by atoms with Crippen molar-refractivity contribution in [2.75, 3.05) is 0 Å². The van der Waals surface area contributed by atoms with Crippen LogP contribution in [0.3, 0.4) is 0 Å². The molecule has 16 heavy (non-hydrogen) atoms. The zero-order valence-corrected chi connectivity index (χ0v) is 9.61. The van der Waals surface area contributed by atoms with Crippen LogP contribution in [0.4, 0.5) is 0 Å². The number of aromatic nitrogens is 2. The highest BCUT2D eigenvalue weighted by atomic mass is 35.5. The van der Waals surface area contributed by atoms with Crippen molar-refractivity contribution in [3.05, 3.63) is 53.3 Å². The summed E-state index contributed by atoms with van der Waals surface area (Å²) in [6, 6.07) is 11.5. The van der Waals surface area contributed by atoms with E-state index in [-0.39, 0.29) is 0 Å². The molecule has 0 amide bonds. The molecule has 2 rings (SSSR count). The molecule has 0 atom stereocenters. The van der Waals surface area contributed by atoms with E-state index in [4.69, 9.17) is 11.6 Å². The molecule has 1 aromatic carbocycles. The molecule has 0 saturated heterocycles. The van der Waals surface area contributed by atoms with E-state index < -0.39 is 5.24 Å². The molecular weight excluding hydrogens is 224 g/mol. The fourth-order valence-corrected chi connectivity index (χ4v) is 1.73. The summed E-state index contributed by atoms with van der Waals surface area (Å²) >= 11 is 5.49. The monoisotopic (exact) mass is 234 g/mol. The van der Waals surface area contributed by atoms with Crippen LogP contribution in [0.15, 0.2) is 36.4 Å². The van der Waals surface area contributed by atoms with Crippen LogP contribution in [0, 0.1) is 6.92 Å². The molecule has 0 aliphatic carbocycles. The third kappa shape index (κ3) is 2.31. The number of hydrogen-bond acceptors (Lipinski definition) is 2. The maximum absolute atomic E-state index is 11.2. The smallest absolute Gasteiger partial charge is 0.270 e. The molecule has 0 bridgehead atoms. The Kier molecular flexibility index (Phi) is 3.06. The lowest BCUT2D eigenvalue weighted by Gasteiger charge is -2.04. The summed E-state index contributed by atoms with van der Waals surface area (Å²) < 4.78 is 1.62. The van der Waals surface area contributed by atoms with Crippen molar-refractivity contribution in [1.29, 1.82) is 0 Å². The molecule has 0 radical (unpaired) electrons. The minimum Gasteiger partial charge on any atom is -0.274 e. The van der Waals surface area contributed by atoms with Gasteiger partial charge in [0.05, 0.1) is 12.2 Å². The summed E-state index contributed by atoms with van der Waals surface area (Å²) in [6.07, 6.45) is 0. The molecule has 2 aromatic rings. The molecule has 1 aromatic heterocycles. The van der Waals surface area contributed by atoms with Crippen molar-refractivity contribution in [3.8, 4) is 0 Å². The van der Waals surface area contributed by atoms with Gasteiger partial charge in [-0.25, -0.2) is 0 Å². The van der Waals surface area contributed by atoms with Crippen LogP contribution in [0.25, 0.3) is 0 Å². The summed E-state index contributed by atoms with van der Waals surface area (Å²) in [5.41, 5.74) is 2.31. The van der Waals surface area contributed by atoms with Gasteiger partial charge in [0.1, 0.15) is 5.69 Å². The predicted octanol–water partition coefficient (Wildman–Crippen LogP) is 2.62. The average molecular weight is 235 g/mol. The van der Waals surface area contributed by atoms with E-state index in [1.165, 1.54) is 0 Å². The van der Waals surface area contributed by atoms with E-state index in [0.29, 0.717) is 12.2 Å². The number of halogens is 1. The van der Waals surface area contributed by atoms with Crippen molar-refractivity contribution >= 4 is 16.8 Å². The van der Waals surface area contributed by atoms with Gasteiger partial charge in [0.2, 0.25) is 0 Å². The number of aryl methyl sites for hydroxylation is 1. The summed E-state index contributed by atoms with van der Waals surface area (Å²) in [6.45, 7) is 2.40. The molecule has 82 valence electrons. The first-order valence-electron chi connectivity index (χ1n) is 4.95. The van der Waals surface area contributed by atoms with Gasteiger partial charge in [-0.3, -0.25) is 9.48 Å². The Balaban J connectivity index is 2.31. The molecule has 0 fully saturated rings.